The van der Waals surface area contributed by atoms with Crippen LogP contribution in [0.3, 0.4) is 0 Å². The molecule has 0 amide bonds. The summed E-state index contributed by atoms with van der Waals surface area (Å²) in [5, 5.41) is 0. The van der Waals surface area contributed by atoms with Crippen molar-refractivity contribution in [1.29, 1.82) is 0 Å². The van der Waals surface area contributed by atoms with Crippen LogP contribution in [-0.4, -0.2) is 38.0 Å². The Morgan fingerprint density at radius 2 is 1.71 bits per heavy atom. The quantitative estimate of drug-likeness (QED) is 0.859. The summed E-state index contributed by atoms with van der Waals surface area (Å²) < 4.78 is 32.5. The molecule has 0 aromatic heterocycles. The van der Waals surface area contributed by atoms with Crippen LogP contribution in [-0.2, 0) is 14.8 Å². The minimum absolute atomic E-state index is 0.0667. The molecule has 1 aliphatic heterocycles. The summed E-state index contributed by atoms with van der Waals surface area (Å²) in [4.78, 5) is 0.371. The van der Waals surface area contributed by atoms with Crippen LogP contribution in [0.1, 0.15) is 45.6 Å². The molecule has 0 spiro atoms. The molecule has 1 fully saturated rings. The molecule has 2 rings (SSSR count). The summed E-state index contributed by atoms with van der Waals surface area (Å²) >= 11 is 0. The molecule has 1 aromatic rings. The fraction of sp³-hybridized carbons (Fsp3) is 0.625. The Bertz CT molecular complexity index is 558. The molecule has 0 saturated carbocycles. The van der Waals surface area contributed by atoms with Crippen molar-refractivity contribution < 1.29 is 13.2 Å². The first kappa shape index (κ1) is 16.5. The molecule has 3 unspecified atom stereocenters. The second-order valence-electron chi connectivity index (χ2n) is 5.96. The highest BCUT2D eigenvalue weighted by Crippen LogP contribution is 2.24. The van der Waals surface area contributed by atoms with Gasteiger partial charge in [-0.1, -0.05) is 26.0 Å². The lowest BCUT2D eigenvalue weighted by atomic mass is 9.99. The Morgan fingerprint density at radius 1 is 1.19 bits per heavy atom. The maximum absolute atomic E-state index is 12.7. The highest BCUT2D eigenvalue weighted by atomic mass is 32.2. The maximum atomic E-state index is 12.7. The summed E-state index contributed by atoms with van der Waals surface area (Å²) in [6.45, 7) is 8.93. The Balaban J connectivity index is 2.23. The van der Waals surface area contributed by atoms with E-state index >= 15 is 0 Å². The van der Waals surface area contributed by atoms with E-state index in [2.05, 4.69) is 13.8 Å². The van der Waals surface area contributed by atoms with Gasteiger partial charge < -0.3 is 4.74 Å². The number of ether oxygens (including phenoxy) is 1. The molecule has 3 atom stereocenters. The van der Waals surface area contributed by atoms with Gasteiger partial charge in [-0.05, 0) is 43.9 Å². The average Bonchev–Trinajstić information content (AvgIpc) is 2.45. The van der Waals surface area contributed by atoms with Gasteiger partial charge in [0.25, 0.3) is 0 Å². The normalized spacial score (nSPS) is 25.7. The second kappa shape index (κ2) is 6.46. The molecule has 1 aliphatic rings. The largest absolute Gasteiger partial charge is 0.373 e. The van der Waals surface area contributed by atoms with E-state index in [9.17, 15) is 8.42 Å². The minimum Gasteiger partial charge on any atom is -0.373 e. The van der Waals surface area contributed by atoms with Gasteiger partial charge >= 0.3 is 0 Å². The first-order valence-electron chi connectivity index (χ1n) is 7.60. The zero-order valence-corrected chi connectivity index (χ0v) is 14.1. The molecule has 4 nitrogen and oxygen atoms in total. The Morgan fingerprint density at radius 3 is 2.19 bits per heavy atom. The molecule has 118 valence electrons. The van der Waals surface area contributed by atoms with E-state index < -0.39 is 10.0 Å². The third-order valence-corrected chi connectivity index (χ3v) is 5.93. The lowest BCUT2D eigenvalue weighted by Gasteiger charge is -2.34. The van der Waals surface area contributed by atoms with E-state index in [0.29, 0.717) is 23.9 Å². The van der Waals surface area contributed by atoms with Crippen molar-refractivity contribution in [2.75, 3.05) is 13.1 Å². The summed E-state index contributed by atoms with van der Waals surface area (Å²) in [6, 6.07) is 7.30. The molecule has 0 N–H and O–H groups in total. The number of nitrogens with zero attached hydrogens (tertiary/aromatic N) is 1. The zero-order valence-electron chi connectivity index (χ0n) is 13.2. The molecular formula is C16H25NO3S. The first-order valence-corrected chi connectivity index (χ1v) is 9.04. The van der Waals surface area contributed by atoms with Gasteiger partial charge in [-0.2, -0.15) is 4.31 Å². The molecular weight excluding hydrogens is 286 g/mol. The Hall–Kier alpha value is -0.910. The Kier molecular flexibility index (Phi) is 5.07. The number of sulfonamides is 1. The minimum atomic E-state index is -3.42. The number of benzene rings is 1. The van der Waals surface area contributed by atoms with Crippen LogP contribution in [0.2, 0.25) is 0 Å². The van der Waals surface area contributed by atoms with Gasteiger partial charge in [-0.25, -0.2) is 8.42 Å². The lowest BCUT2D eigenvalue weighted by Crippen LogP contribution is -2.48. The second-order valence-corrected chi connectivity index (χ2v) is 7.90. The first-order chi connectivity index (χ1) is 9.84. The predicted molar refractivity (Wildman–Crippen MR) is 83.9 cm³/mol. The highest BCUT2D eigenvalue weighted by Gasteiger charge is 2.32. The molecule has 1 saturated heterocycles. The van der Waals surface area contributed by atoms with Crippen molar-refractivity contribution >= 4 is 10.0 Å². The standard InChI is InChI=1S/C16H25NO3S/c1-5-12(2)15-6-8-16(9-7-15)21(18,19)17-10-13(3)20-14(4)11-17/h6-9,12-14H,5,10-11H2,1-4H3. The van der Waals surface area contributed by atoms with Gasteiger partial charge in [0.05, 0.1) is 17.1 Å². The topological polar surface area (TPSA) is 46.6 Å². The van der Waals surface area contributed by atoms with E-state index in [-0.39, 0.29) is 12.2 Å². The van der Waals surface area contributed by atoms with E-state index in [1.54, 1.807) is 12.1 Å². The van der Waals surface area contributed by atoms with Crippen molar-refractivity contribution in [3.63, 3.8) is 0 Å². The van der Waals surface area contributed by atoms with Crippen molar-refractivity contribution in [1.82, 2.24) is 4.31 Å². The monoisotopic (exact) mass is 311 g/mol. The van der Waals surface area contributed by atoms with Gasteiger partial charge in [0.1, 0.15) is 0 Å². The van der Waals surface area contributed by atoms with Gasteiger partial charge in [0.2, 0.25) is 10.0 Å². The summed E-state index contributed by atoms with van der Waals surface area (Å²) in [5.41, 5.74) is 1.18. The van der Waals surface area contributed by atoms with Gasteiger partial charge in [0.15, 0.2) is 0 Å². The van der Waals surface area contributed by atoms with Crippen LogP contribution in [0.5, 0.6) is 0 Å². The molecule has 0 radical (unpaired) electrons. The van der Waals surface area contributed by atoms with Crippen LogP contribution >= 0.6 is 0 Å². The highest BCUT2D eigenvalue weighted by molar-refractivity contribution is 7.89. The van der Waals surface area contributed by atoms with Gasteiger partial charge in [-0.3, -0.25) is 0 Å². The SMILES string of the molecule is CCC(C)c1ccc(S(=O)(=O)N2CC(C)OC(C)C2)cc1. The summed E-state index contributed by atoms with van der Waals surface area (Å²) in [7, 11) is -3.42. The lowest BCUT2D eigenvalue weighted by molar-refractivity contribution is -0.0440. The number of hydrogen-bond donors (Lipinski definition) is 0. The summed E-state index contributed by atoms with van der Waals surface area (Å²) in [5.74, 6) is 0.449. The third-order valence-electron chi connectivity index (χ3n) is 4.09. The predicted octanol–water partition coefficient (Wildman–Crippen LogP) is 3.00. The van der Waals surface area contributed by atoms with Crippen LogP contribution < -0.4 is 0 Å². The fourth-order valence-electron chi connectivity index (χ4n) is 2.68. The van der Waals surface area contributed by atoms with E-state index in [0.717, 1.165) is 6.42 Å². The van der Waals surface area contributed by atoms with Crippen molar-refractivity contribution in [3.8, 4) is 0 Å². The van der Waals surface area contributed by atoms with Crippen LogP contribution in [0, 0.1) is 0 Å². The van der Waals surface area contributed by atoms with Crippen LogP contribution in [0.15, 0.2) is 29.2 Å². The molecule has 0 bridgehead atoms. The van der Waals surface area contributed by atoms with Crippen LogP contribution in [0.25, 0.3) is 0 Å². The van der Waals surface area contributed by atoms with Crippen molar-refractivity contribution in [3.05, 3.63) is 29.8 Å². The number of rotatable bonds is 4. The van der Waals surface area contributed by atoms with E-state index in [4.69, 9.17) is 4.74 Å². The molecule has 1 aromatic carbocycles. The molecule has 0 aliphatic carbocycles. The summed E-state index contributed by atoms with van der Waals surface area (Å²) in [6.07, 6.45) is 0.913. The zero-order chi connectivity index (χ0) is 15.6. The molecule has 21 heavy (non-hydrogen) atoms. The van der Waals surface area contributed by atoms with Crippen molar-refractivity contribution in [2.45, 2.75) is 57.1 Å². The number of hydrogen-bond acceptors (Lipinski definition) is 3. The molecule has 1 heterocycles. The van der Waals surface area contributed by atoms with Crippen molar-refractivity contribution in [2.24, 2.45) is 0 Å². The van der Waals surface area contributed by atoms with Gasteiger partial charge in [-0.15, -0.1) is 0 Å². The fourth-order valence-corrected chi connectivity index (χ4v) is 4.27. The third kappa shape index (κ3) is 3.65. The Labute approximate surface area is 128 Å². The van der Waals surface area contributed by atoms with E-state index in [1.807, 2.05) is 26.0 Å². The van der Waals surface area contributed by atoms with Crippen LogP contribution in [0.4, 0.5) is 0 Å². The molecule has 5 heteroatoms. The smallest absolute Gasteiger partial charge is 0.243 e. The maximum Gasteiger partial charge on any atom is 0.243 e. The van der Waals surface area contributed by atoms with Gasteiger partial charge in [0, 0.05) is 13.1 Å². The van der Waals surface area contributed by atoms with E-state index in [1.165, 1.54) is 9.87 Å². The number of morpholine rings is 1. The average molecular weight is 311 g/mol.